The zero-order valence-corrected chi connectivity index (χ0v) is 12.1. The lowest BCUT2D eigenvalue weighted by atomic mass is 10.2. The van der Waals surface area contributed by atoms with Crippen LogP contribution in [0.15, 0.2) is 41.3 Å². The molecule has 0 fully saturated rings. The molecule has 22 heavy (non-hydrogen) atoms. The van der Waals surface area contributed by atoms with Gasteiger partial charge in [0.2, 0.25) is 5.24 Å². The summed E-state index contributed by atoms with van der Waals surface area (Å²) in [6.45, 7) is -0.362. The van der Waals surface area contributed by atoms with Crippen LogP contribution in [0, 0.1) is 0 Å². The van der Waals surface area contributed by atoms with Crippen molar-refractivity contribution < 1.29 is 14.3 Å². The number of ether oxygens (including phenoxy) is 1. The molecule has 0 saturated carbocycles. The number of nitrogen functional groups attached to an aromatic ring is 1. The zero-order chi connectivity index (χ0) is 16.1. The van der Waals surface area contributed by atoms with E-state index < -0.39 is 23.4 Å². The Morgan fingerprint density at radius 1 is 1.27 bits per heavy atom. The van der Waals surface area contributed by atoms with Gasteiger partial charge in [0.1, 0.15) is 24.5 Å². The molecule has 0 aliphatic carbocycles. The normalized spacial score (nSPS) is 10.2. The van der Waals surface area contributed by atoms with Gasteiger partial charge in [-0.2, -0.15) is 4.98 Å². The topological polar surface area (TPSA) is 104 Å². The largest absolute Gasteiger partial charge is 0.457 e. The van der Waals surface area contributed by atoms with Crippen molar-refractivity contribution in [2.24, 2.45) is 0 Å². The number of esters is 1. The fourth-order valence-electron chi connectivity index (χ4n) is 1.71. The second-order valence-corrected chi connectivity index (χ2v) is 4.79. The lowest BCUT2D eigenvalue weighted by Crippen LogP contribution is -2.28. The highest BCUT2D eigenvalue weighted by atomic mass is 35.5. The number of nitrogens with two attached hydrogens (primary N) is 1. The standard InChI is InChI=1S/C14H12ClN3O4/c15-11(19)7-18-6-10(12(16)17-14(18)21)13(20)22-8-9-4-2-1-3-5-9/h1-6H,7-8H2,(H2,16,17,21). The third-order valence-corrected chi connectivity index (χ3v) is 2.87. The highest BCUT2D eigenvalue weighted by molar-refractivity contribution is 6.63. The Hall–Kier alpha value is -2.67. The van der Waals surface area contributed by atoms with Gasteiger partial charge in [-0.1, -0.05) is 30.3 Å². The number of carbonyl (C=O) groups is 2. The summed E-state index contributed by atoms with van der Waals surface area (Å²) in [6.07, 6.45) is 1.11. The van der Waals surface area contributed by atoms with Crippen LogP contribution in [0.3, 0.4) is 0 Å². The molecule has 0 aliphatic rings. The van der Waals surface area contributed by atoms with Crippen LogP contribution in [0.2, 0.25) is 0 Å². The van der Waals surface area contributed by atoms with E-state index in [1.165, 1.54) is 0 Å². The molecule has 8 heteroatoms. The van der Waals surface area contributed by atoms with E-state index in [2.05, 4.69) is 4.98 Å². The van der Waals surface area contributed by atoms with E-state index in [0.717, 1.165) is 16.3 Å². The average Bonchev–Trinajstić information content (AvgIpc) is 2.48. The van der Waals surface area contributed by atoms with Gasteiger partial charge in [-0.3, -0.25) is 9.36 Å². The van der Waals surface area contributed by atoms with Gasteiger partial charge in [0, 0.05) is 6.20 Å². The van der Waals surface area contributed by atoms with E-state index in [1.54, 1.807) is 12.1 Å². The molecule has 0 bridgehead atoms. The number of aromatic nitrogens is 2. The van der Waals surface area contributed by atoms with E-state index in [1.807, 2.05) is 18.2 Å². The maximum Gasteiger partial charge on any atom is 0.349 e. The van der Waals surface area contributed by atoms with Crippen molar-refractivity contribution in [3.63, 3.8) is 0 Å². The molecule has 2 N–H and O–H groups in total. The van der Waals surface area contributed by atoms with Gasteiger partial charge in [-0.25, -0.2) is 9.59 Å². The Balaban J connectivity index is 2.18. The van der Waals surface area contributed by atoms with Crippen LogP contribution >= 0.6 is 11.6 Å². The third kappa shape index (κ3) is 3.92. The van der Waals surface area contributed by atoms with Crippen molar-refractivity contribution >= 4 is 28.6 Å². The Morgan fingerprint density at radius 2 is 1.95 bits per heavy atom. The molecule has 0 radical (unpaired) electrons. The minimum absolute atomic E-state index is 0.0483. The average molecular weight is 322 g/mol. The molecule has 1 aromatic carbocycles. The molecule has 114 valence electrons. The smallest absolute Gasteiger partial charge is 0.349 e. The lowest BCUT2D eigenvalue weighted by molar-refractivity contribution is -0.112. The second-order valence-electron chi connectivity index (χ2n) is 4.37. The summed E-state index contributed by atoms with van der Waals surface area (Å²) >= 11 is 5.22. The molecule has 2 aromatic rings. The third-order valence-electron chi connectivity index (χ3n) is 2.75. The van der Waals surface area contributed by atoms with E-state index >= 15 is 0 Å². The van der Waals surface area contributed by atoms with Crippen molar-refractivity contribution in [2.75, 3.05) is 5.73 Å². The van der Waals surface area contributed by atoms with Crippen molar-refractivity contribution in [3.05, 3.63) is 58.1 Å². The van der Waals surface area contributed by atoms with Gasteiger partial charge < -0.3 is 10.5 Å². The van der Waals surface area contributed by atoms with Gasteiger partial charge in [-0.05, 0) is 17.2 Å². The van der Waals surface area contributed by atoms with Gasteiger partial charge >= 0.3 is 11.7 Å². The highest BCUT2D eigenvalue weighted by Gasteiger charge is 2.16. The quantitative estimate of drug-likeness (QED) is 0.649. The van der Waals surface area contributed by atoms with Crippen molar-refractivity contribution in [3.8, 4) is 0 Å². The van der Waals surface area contributed by atoms with Gasteiger partial charge in [0.15, 0.2) is 0 Å². The number of carbonyl (C=O) groups excluding carboxylic acids is 2. The zero-order valence-electron chi connectivity index (χ0n) is 11.4. The molecule has 7 nitrogen and oxygen atoms in total. The maximum absolute atomic E-state index is 12.0. The summed E-state index contributed by atoms with van der Waals surface area (Å²) in [5, 5.41) is -0.766. The van der Waals surface area contributed by atoms with Crippen molar-refractivity contribution in [2.45, 2.75) is 13.2 Å². The lowest BCUT2D eigenvalue weighted by Gasteiger charge is -2.08. The first kappa shape index (κ1) is 15.7. The summed E-state index contributed by atoms with van der Waals surface area (Å²) < 4.78 is 6.00. The molecular weight excluding hydrogens is 310 g/mol. The van der Waals surface area contributed by atoms with Crippen LogP contribution in [-0.4, -0.2) is 20.8 Å². The van der Waals surface area contributed by atoms with Crippen molar-refractivity contribution in [1.29, 1.82) is 0 Å². The minimum atomic E-state index is -0.772. The summed E-state index contributed by atoms with van der Waals surface area (Å²) in [7, 11) is 0. The van der Waals surface area contributed by atoms with E-state index in [9.17, 15) is 14.4 Å². The van der Waals surface area contributed by atoms with E-state index in [-0.39, 0.29) is 18.0 Å². The van der Waals surface area contributed by atoms with Gasteiger partial charge in [0.05, 0.1) is 0 Å². The molecular formula is C14H12ClN3O4. The maximum atomic E-state index is 12.0. The first-order chi connectivity index (χ1) is 10.5. The number of nitrogens with zero attached hydrogens (tertiary/aromatic N) is 2. The Labute approximate surface area is 130 Å². The van der Waals surface area contributed by atoms with E-state index in [0.29, 0.717) is 0 Å². The Kier molecular flexibility index (Phi) is 4.90. The van der Waals surface area contributed by atoms with Crippen LogP contribution in [0.25, 0.3) is 0 Å². The Morgan fingerprint density at radius 3 is 2.59 bits per heavy atom. The molecule has 0 atom stereocenters. The molecule has 0 unspecified atom stereocenters. The predicted molar refractivity (Wildman–Crippen MR) is 79.3 cm³/mol. The molecule has 0 spiro atoms. The Bertz CT molecular complexity index is 758. The number of hydrogen-bond acceptors (Lipinski definition) is 6. The SMILES string of the molecule is Nc1nc(=O)n(CC(=O)Cl)cc1C(=O)OCc1ccccc1. The molecule has 0 saturated heterocycles. The van der Waals surface area contributed by atoms with Gasteiger partial charge in [-0.15, -0.1) is 0 Å². The van der Waals surface area contributed by atoms with Crippen LogP contribution in [0.4, 0.5) is 5.82 Å². The number of hydrogen-bond donors (Lipinski definition) is 1. The number of anilines is 1. The minimum Gasteiger partial charge on any atom is -0.457 e. The van der Waals surface area contributed by atoms with Crippen LogP contribution in [0.1, 0.15) is 15.9 Å². The fourth-order valence-corrected chi connectivity index (χ4v) is 1.84. The number of rotatable bonds is 5. The summed E-state index contributed by atoms with van der Waals surface area (Å²) in [4.78, 5) is 37.9. The summed E-state index contributed by atoms with van der Waals surface area (Å²) in [5.74, 6) is -1.01. The van der Waals surface area contributed by atoms with Gasteiger partial charge in [0.25, 0.3) is 0 Å². The molecule has 0 amide bonds. The first-order valence-electron chi connectivity index (χ1n) is 6.23. The van der Waals surface area contributed by atoms with Crippen LogP contribution < -0.4 is 11.4 Å². The molecule has 1 heterocycles. The second kappa shape index (κ2) is 6.86. The monoisotopic (exact) mass is 321 g/mol. The van der Waals surface area contributed by atoms with Crippen LogP contribution in [-0.2, 0) is 22.7 Å². The fraction of sp³-hybridized carbons (Fsp3) is 0.143. The summed E-state index contributed by atoms with van der Waals surface area (Å²) in [5.41, 5.74) is 5.47. The van der Waals surface area contributed by atoms with Crippen LogP contribution in [0.5, 0.6) is 0 Å². The number of benzene rings is 1. The molecule has 2 rings (SSSR count). The first-order valence-corrected chi connectivity index (χ1v) is 6.61. The predicted octanol–water partition coefficient (Wildman–Crippen LogP) is 0.948. The molecule has 0 aliphatic heterocycles. The number of halogens is 1. The summed E-state index contributed by atoms with van der Waals surface area (Å²) in [6, 6.07) is 9.05. The van der Waals surface area contributed by atoms with Crippen molar-refractivity contribution in [1.82, 2.24) is 9.55 Å². The highest BCUT2D eigenvalue weighted by Crippen LogP contribution is 2.10. The van der Waals surface area contributed by atoms with E-state index in [4.69, 9.17) is 22.1 Å². The molecule has 1 aromatic heterocycles.